The molecule has 0 amide bonds. The van der Waals surface area contributed by atoms with Crippen LogP contribution in [0.15, 0.2) is 12.1 Å². The minimum Gasteiger partial charge on any atom is -0.323 e. The van der Waals surface area contributed by atoms with Gasteiger partial charge >= 0.3 is 0 Å². The molecule has 2 heteroatoms. The molecule has 1 atom stereocenters. The molecule has 2 nitrogen and oxygen atoms in total. The number of aryl methyl sites for hydroxylation is 3. The molecule has 1 rings (SSSR count). The van der Waals surface area contributed by atoms with Gasteiger partial charge in [0.2, 0.25) is 0 Å². The second-order valence-corrected chi connectivity index (χ2v) is 6.36. The van der Waals surface area contributed by atoms with E-state index < -0.39 is 0 Å². The van der Waals surface area contributed by atoms with Crippen LogP contribution in [0, 0.1) is 26.7 Å². The van der Waals surface area contributed by atoms with Crippen molar-refractivity contribution in [3.05, 3.63) is 34.4 Å². The fourth-order valence-corrected chi connectivity index (χ4v) is 2.77. The zero-order valence-electron chi connectivity index (χ0n) is 13.5. The Balaban J connectivity index is 2.70. The zero-order chi connectivity index (χ0) is 14.6. The number of nitrogens with zero attached hydrogens (tertiary/aromatic N) is 1. The quantitative estimate of drug-likeness (QED) is 0.849. The molecule has 2 N–H and O–H groups in total. The van der Waals surface area contributed by atoms with Crippen molar-refractivity contribution in [3.63, 3.8) is 0 Å². The van der Waals surface area contributed by atoms with Gasteiger partial charge in [-0.25, -0.2) is 0 Å². The summed E-state index contributed by atoms with van der Waals surface area (Å²) in [5.74, 6) is 0.751. The molecule has 0 saturated carbocycles. The van der Waals surface area contributed by atoms with Crippen LogP contribution in [-0.4, -0.2) is 25.0 Å². The molecule has 0 heterocycles. The van der Waals surface area contributed by atoms with Gasteiger partial charge in [0.25, 0.3) is 0 Å². The van der Waals surface area contributed by atoms with Crippen LogP contribution < -0.4 is 5.73 Å². The maximum Gasteiger partial charge on any atom is 0.0429 e. The van der Waals surface area contributed by atoms with Crippen LogP contribution in [0.1, 0.15) is 48.6 Å². The van der Waals surface area contributed by atoms with Gasteiger partial charge in [-0.15, -0.1) is 0 Å². The number of rotatable bonds is 6. The summed E-state index contributed by atoms with van der Waals surface area (Å²) in [5.41, 5.74) is 11.7. The number of hydrogen-bond acceptors (Lipinski definition) is 2. The summed E-state index contributed by atoms with van der Waals surface area (Å²) in [5, 5.41) is 0. The number of benzene rings is 1. The molecular formula is C17H30N2. The van der Waals surface area contributed by atoms with Gasteiger partial charge in [0, 0.05) is 12.6 Å². The normalized spacial score (nSPS) is 13.3. The van der Waals surface area contributed by atoms with E-state index in [1.165, 1.54) is 28.7 Å². The topological polar surface area (TPSA) is 29.3 Å². The number of nitrogens with two attached hydrogens (primary N) is 1. The van der Waals surface area contributed by atoms with Gasteiger partial charge in [-0.3, -0.25) is 0 Å². The molecule has 0 aliphatic carbocycles. The van der Waals surface area contributed by atoms with Crippen molar-refractivity contribution in [1.29, 1.82) is 0 Å². The van der Waals surface area contributed by atoms with E-state index in [4.69, 9.17) is 5.73 Å². The Labute approximate surface area is 119 Å². The summed E-state index contributed by atoms with van der Waals surface area (Å²) in [7, 11) is 2.17. The van der Waals surface area contributed by atoms with Crippen LogP contribution in [0.4, 0.5) is 0 Å². The molecule has 0 saturated heterocycles. The molecule has 108 valence electrons. The molecule has 19 heavy (non-hydrogen) atoms. The molecule has 0 aliphatic rings. The van der Waals surface area contributed by atoms with Crippen LogP contribution >= 0.6 is 0 Å². The van der Waals surface area contributed by atoms with Crippen molar-refractivity contribution in [2.24, 2.45) is 11.7 Å². The minimum absolute atomic E-state index is 0.109. The molecule has 0 aromatic heterocycles. The fraction of sp³-hybridized carbons (Fsp3) is 0.647. The Morgan fingerprint density at radius 3 is 2.11 bits per heavy atom. The Kier molecular flexibility index (Phi) is 6.02. The molecule has 0 bridgehead atoms. The molecule has 1 unspecified atom stereocenters. The third-order valence-electron chi connectivity index (χ3n) is 3.71. The first-order chi connectivity index (χ1) is 8.81. The predicted molar refractivity (Wildman–Crippen MR) is 84.5 cm³/mol. The van der Waals surface area contributed by atoms with Gasteiger partial charge < -0.3 is 10.6 Å². The average molecular weight is 262 g/mol. The van der Waals surface area contributed by atoms with Crippen molar-refractivity contribution in [1.82, 2.24) is 4.90 Å². The Bertz CT molecular complexity index is 387. The van der Waals surface area contributed by atoms with Crippen molar-refractivity contribution < 1.29 is 0 Å². The predicted octanol–water partition coefficient (Wildman–Crippen LogP) is 3.59. The van der Waals surface area contributed by atoms with Crippen molar-refractivity contribution in [2.45, 2.75) is 47.1 Å². The van der Waals surface area contributed by atoms with E-state index in [-0.39, 0.29) is 6.04 Å². The number of hydrogen-bond donors (Lipinski definition) is 1. The van der Waals surface area contributed by atoms with Crippen LogP contribution in [0.2, 0.25) is 0 Å². The molecule has 0 fully saturated rings. The molecular weight excluding hydrogens is 232 g/mol. The maximum absolute atomic E-state index is 6.41. The van der Waals surface area contributed by atoms with Crippen LogP contribution in [0.3, 0.4) is 0 Å². The van der Waals surface area contributed by atoms with Gasteiger partial charge in [-0.2, -0.15) is 0 Å². The molecule has 1 aromatic rings. The van der Waals surface area contributed by atoms with Crippen LogP contribution in [0.5, 0.6) is 0 Å². The zero-order valence-corrected chi connectivity index (χ0v) is 13.5. The molecule has 0 spiro atoms. The third-order valence-corrected chi connectivity index (χ3v) is 3.71. The number of likely N-dealkylation sites (N-methyl/N-ethyl adjacent to an activating group) is 1. The van der Waals surface area contributed by atoms with Gasteiger partial charge in [0.05, 0.1) is 0 Å². The van der Waals surface area contributed by atoms with Gasteiger partial charge in [-0.1, -0.05) is 31.5 Å². The van der Waals surface area contributed by atoms with Gasteiger partial charge in [0.1, 0.15) is 0 Å². The summed E-state index contributed by atoms with van der Waals surface area (Å²) in [6.45, 7) is 13.1. The highest BCUT2D eigenvalue weighted by Crippen LogP contribution is 2.22. The standard InChI is InChI=1S/C17H30N2/c1-12(2)7-8-19(6)11-16(18)17-14(4)9-13(3)10-15(17)5/h9-10,12,16H,7-8,11,18H2,1-6H3. The molecule has 0 radical (unpaired) electrons. The highest BCUT2D eigenvalue weighted by molar-refractivity contribution is 5.39. The third kappa shape index (κ3) is 4.96. The Hall–Kier alpha value is -0.860. The Morgan fingerprint density at radius 2 is 1.63 bits per heavy atom. The van der Waals surface area contributed by atoms with E-state index in [1.54, 1.807) is 0 Å². The van der Waals surface area contributed by atoms with Crippen molar-refractivity contribution in [2.75, 3.05) is 20.1 Å². The lowest BCUT2D eigenvalue weighted by Gasteiger charge is -2.25. The monoisotopic (exact) mass is 262 g/mol. The summed E-state index contributed by atoms with van der Waals surface area (Å²) >= 11 is 0. The van der Waals surface area contributed by atoms with Crippen molar-refractivity contribution in [3.8, 4) is 0 Å². The average Bonchev–Trinajstić information content (AvgIpc) is 2.24. The van der Waals surface area contributed by atoms with Crippen molar-refractivity contribution >= 4 is 0 Å². The first kappa shape index (κ1) is 16.2. The molecule has 1 aromatic carbocycles. The largest absolute Gasteiger partial charge is 0.323 e. The highest BCUT2D eigenvalue weighted by Gasteiger charge is 2.14. The summed E-state index contributed by atoms with van der Waals surface area (Å²) in [4.78, 5) is 2.35. The summed E-state index contributed by atoms with van der Waals surface area (Å²) in [6, 6.07) is 4.57. The second kappa shape index (κ2) is 7.06. The van der Waals surface area contributed by atoms with E-state index in [2.05, 4.69) is 58.7 Å². The maximum atomic E-state index is 6.41. The van der Waals surface area contributed by atoms with Crippen LogP contribution in [-0.2, 0) is 0 Å². The lowest BCUT2D eigenvalue weighted by Crippen LogP contribution is -2.31. The van der Waals surface area contributed by atoms with Crippen LogP contribution in [0.25, 0.3) is 0 Å². The summed E-state index contributed by atoms with van der Waals surface area (Å²) < 4.78 is 0. The Morgan fingerprint density at radius 1 is 1.11 bits per heavy atom. The lowest BCUT2D eigenvalue weighted by molar-refractivity contribution is 0.292. The SMILES string of the molecule is Cc1cc(C)c(C(N)CN(C)CCC(C)C)c(C)c1. The van der Waals surface area contributed by atoms with E-state index in [9.17, 15) is 0 Å². The van der Waals surface area contributed by atoms with E-state index >= 15 is 0 Å². The fourth-order valence-electron chi connectivity index (χ4n) is 2.77. The van der Waals surface area contributed by atoms with E-state index in [0.29, 0.717) is 0 Å². The second-order valence-electron chi connectivity index (χ2n) is 6.36. The van der Waals surface area contributed by atoms with Gasteiger partial charge in [0.15, 0.2) is 0 Å². The first-order valence-corrected chi connectivity index (χ1v) is 7.33. The lowest BCUT2D eigenvalue weighted by atomic mass is 9.94. The first-order valence-electron chi connectivity index (χ1n) is 7.33. The van der Waals surface area contributed by atoms with Gasteiger partial charge in [-0.05, 0) is 63.4 Å². The highest BCUT2D eigenvalue weighted by atomic mass is 15.1. The van der Waals surface area contributed by atoms with E-state index in [0.717, 1.165) is 19.0 Å². The van der Waals surface area contributed by atoms with E-state index in [1.807, 2.05) is 0 Å². The summed E-state index contributed by atoms with van der Waals surface area (Å²) in [6.07, 6.45) is 1.23. The minimum atomic E-state index is 0.109. The molecule has 0 aliphatic heterocycles. The smallest absolute Gasteiger partial charge is 0.0429 e.